The quantitative estimate of drug-likeness (QED) is 0.874. The summed E-state index contributed by atoms with van der Waals surface area (Å²) in [7, 11) is 0. The molecule has 2 nitrogen and oxygen atoms in total. The second kappa shape index (κ2) is 5.61. The molecule has 2 N–H and O–H groups in total. The number of halogens is 1. The zero-order valence-electron chi connectivity index (χ0n) is 10.4. The van der Waals surface area contributed by atoms with Gasteiger partial charge in [-0.1, -0.05) is 19.1 Å². The second-order valence-corrected chi connectivity index (χ2v) is 5.05. The molecule has 17 heavy (non-hydrogen) atoms. The first kappa shape index (κ1) is 12.5. The summed E-state index contributed by atoms with van der Waals surface area (Å²) in [6, 6.07) is 6.99. The molecule has 0 aromatic heterocycles. The third-order valence-corrected chi connectivity index (χ3v) is 3.59. The molecule has 94 valence electrons. The average molecular weight is 236 g/mol. The smallest absolute Gasteiger partial charge is 0.123 e. The van der Waals surface area contributed by atoms with Gasteiger partial charge in [0.25, 0.3) is 0 Å². The maximum Gasteiger partial charge on any atom is 0.123 e. The molecule has 0 radical (unpaired) electrons. The molecular weight excluding hydrogens is 215 g/mol. The molecule has 1 fully saturated rings. The number of rotatable bonds is 3. The molecule has 3 heteroatoms. The molecule has 0 saturated carbocycles. The highest BCUT2D eigenvalue weighted by Crippen LogP contribution is 2.26. The van der Waals surface area contributed by atoms with Crippen molar-refractivity contribution in [2.45, 2.75) is 25.8 Å². The number of hydrogen-bond acceptors (Lipinski definition) is 2. The summed E-state index contributed by atoms with van der Waals surface area (Å²) in [5, 5.41) is 0. The van der Waals surface area contributed by atoms with Crippen molar-refractivity contribution in [1.29, 1.82) is 0 Å². The summed E-state index contributed by atoms with van der Waals surface area (Å²) in [6.45, 7) is 4.96. The summed E-state index contributed by atoms with van der Waals surface area (Å²) in [6.07, 6.45) is 2.50. The van der Waals surface area contributed by atoms with Gasteiger partial charge in [0.1, 0.15) is 5.82 Å². The number of benzene rings is 1. The third kappa shape index (κ3) is 3.05. The predicted molar refractivity (Wildman–Crippen MR) is 68.2 cm³/mol. The molecule has 0 aliphatic carbocycles. The van der Waals surface area contributed by atoms with E-state index in [2.05, 4.69) is 11.8 Å². The summed E-state index contributed by atoms with van der Waals surface area (Å²) in [5.74, 6) is 0.539. The lowest BCUT2D eigenvalue weighted by Crippen LogP contribution is -2.40. The van der Waals surface area contributed by atoms with Crippen molar-refractivity contribution in [3.05, 3.63) is 35.6 Å². The fourth-order valence-corrected chi connectivity index (χ4v) is 2.72. The highest BCUT2D eigenvalue weighted by atomic mass is 19.1. The topological polar surface area (TPSA) is 29.3 Å². The standard InChI is InChI=1S/C14H21FN2/c1-11-4-3-7-17(10-11)14(9-16)12-5-2-6-13(15)8-12/h2,5-6,8,11,14H,3-4,7,9-10,16H2,1H3/t11-,14-/m0/s1. The van der Waals surface area contributed by atoms with E-state index in [-0.39, 0.29) is 11.9 Å². The lowest BCUT2D eigenvalue weighted by molar-refractivity contribution is 0.133. The van der Waals surface area contributed by atoms with Gasteiger partial charge in [-0.25, -0.2) is 4.39 Å². The van der Waals surface area contributed by atoms with Crippen molar-refractivity contribution in [3.8, 4) is 0 Å². The van der Waals surface area contributed by atoms with Gasteiger partial charge in [0.05, 0.1) is 0 Å². The van der Waals surface area contributed by atoms with Crippen molar-refractivity contribution in [2.75, 3.05) is 19.6 Å². The molecular formula is C14H21FN2. The summed E-state index contributed by atoms with van der Waals surface area (Å²) in [5.41, 5.74) is 6.87. The van der Waals surface area contributed by atoms with Crippen LogP contribution in [0.1, 0.15) is 31.4 Å². The Balaban J connectivity index is 2.15. The van der Waals surface area contributed by atoms with Gasteiger partial charge in [0.15, 0.2) is 0 Å². The van der Waals surface area contributed by atoms with Crippen LogP contribution in [0, 0.1) is 11.7 Å². The van der Waals surface area contributed by atoms with Crippen molar-refractivity contribution >= 4 is 0 Å². The van der Waals surface area contributed by atoms with Crippen LogP contribution in [0.2, 0.25) is 0 Å². The maximum absolute atomic E-state index is 13.2. The Morgan fingerprint density at radius 2 is 2.35 bits per heavy atom. The summed E-state index contributed by atoms with van der Waals surface area (Å²) in [4.78, 5) is 2.39. The zero-order chi connectivity index (χ0) is 12.3. The molecule has 0 spiro atoms. The molecule has 2 atom stereocenters. The van der Waals surface area contributed by atoms with Gasteiger partial charge in [0.2, 0.25) is 0 Å². The van der Waals surface area contributed by atoms with Crippen molar-refractivity contribution < 1.29 is 4.39 Å². The SMILES string of the molecule is C[C@H]1CCCN([C@@H](CN)c2cccc(F)c2)C1. The number of nitrogens with zero attached hydrogens (tertiary/aromatic N) is 1. The number of piperidine rings is 1. The fourth-order valence-electron chi connectivity index (χ4n) is 2.72. The van der Waals surface area contributed by atoms with E-state index < -0.39 is 0 Å². The van der Waals surface area contributed by atoms with E-state index in [1.807, 2.05) is 6.07 Å². The zero-order valence-corrected chi connectivity index (χ0v) is 10.4. The Hall–Kier alpha value is -0.930. The fraction of sp³-hybridized carbons (Fsp3) is 0.571. The van der Waals surface area contributed by atoms with Gasteiger partial charge >= 0.3 is 0 Å². The molecule has 1 saturated heterocycles. The van der Waals surface area contributed by atoms with Crippen molar-refractivity contribution in [2.24, 2.45) is 11.7 Å². The first-order valence-corrected chi connectivity index (χ1v) is 6.40. The van der Waals surface area contributed by atoms with Gasteiger partial charge in [-0.2, -0.15) is 0 Å². The largest absolute Gasteiger partial charge is 0.329 e. The van der Waals surface area contributed by atoms with Gasteiger partial charge in [-0.05, 0) is 43.0 Å². The highest BCUT2D eigenvalue weighted by molar-refractivity contribution is 5.20. The lowest BCUT2D eigenvalue weighted by atomic mass is 9.96. The normalized spacial score (nSPS) is 23.6. The van der Waals surface area contributed by atoms with Crippen LogP contribution in [0.25, 0.3) is 0 Å². The lowest BCUT2D eigenvalue weighted by Gasteiger charge is -2.37. The first-order chi connectivity index (χ1) is 8.20. The average Bonchev–Trinajstić information content (AvgIpc) is 2.30. The van der Waals surface area contributed by atoms with E-state index in [1.165, 1.54) is 18.9 Å². The van der Waals surface area contributed by atoms with E-state index in [0.717, 1.165) is 18.7 Å². The molecule has 1 aromatic carbocycles. The van der Waals surface area contributed by atoms with E-state index in [0.29, 0.717) is 12.5 Å². The Morgan fingerprint density at radius 1 is 1.53 bits per heavy atom. The Bertz CT molecular complexity index is 367. The van der Waals surface area contributed by atoms with Crippen LogP contribution in [-0.2, 0) is 0 Å². The molecule has 2 rings (SSSR count). The third-order valence-electron chi connectivity index (χ3n) is 3.59. The number of hydrogen-bond donors (Lipinski definition) is 1. The Kier molecular flexibility index (Phi) is 4.13. The van der Waals surface area contributed by atoms with Crippen LogP contribution in [0.4, 0.5) is 4.39 Å². The van der Waals surface area contributed by atoms with E-state index in [1.54, 1.807) is 12.1 Å². The molecule has 1 aromatic rings. The summed E-state index contributed by atoms with van der Waals surface area (Å²) >= 11 is 0. The van der Waals surface area contributed by atoms with Gasteiger partial charge in [-0.3, -0.25) is 4.90 Å². The van der Waals surface area contributed by atoms with Gasteiger partial charge < -0.3 is 5.73 Å². The van der Waals surface area contributed by atoms with Crippen LogP contribution in [0.3, 0.4) is 0 Å². The molecule has 1 aliphatic rings. The molecule has 1 heterocycles. The van der Waals surface area contributed by atoms with E-state index in [4.69, 9.17) is 5.73 Å². The minimum absolute atomic E-state index is 0.161. The minimum Gasteiger partial charge on any atom is -0.329 e. The van der Waals surface area contributed by atoms with Gasteiger partial charge in [0, 0.05) is 19.1 Å². The molecule has 0 bridgehead atoms. The van der Waals surface area contributed by atoms with Crippen molar-refractivity contribution in [3.63, 3.8) is 0 Å². The minimum atomic E-state index is -0.175. The second-order valence-electron chi connectivity index (χ2n) is 5.05. The van der Waals surface area contributed by atoms with Crippen LogP contribution in [0.5, 0.6) is 0 Å². The van der Waals surface area contributed by atoms with Gasteiger partial charge in [-0.15, -0.1) is 0 Å². The maximum atomic E-state index is 13.2. The van der Waals surface area contributed by atoms with Crippen LogP contribution >= 0.6 is 0 Å². The predicted octanol–water partition coefficient (Wildman–Crippen LogP) is 2.56. The molecule has 0 unspecified atom stereocenters. The van der Waals surface area contributed by atoms with Crippen molar-refractivity contribution in [1.82, 2.24) is 4.90 Å². The van der Waals surface area contributed by atoms with Crippen LogP contribution in [0.15, 0.2) is 24.3 Å². The highest BCUT2D eigenvalue weighted by Gasteiger charge is 2.24. The summed E-state index contributed by atoms with van der Waals surface area (Å²) < 4.78 is 13.2. The Labute approximate surface area is 103 Å². The molecule has 0 amide bonds. The number of likely N-dealkylation sites (tertiary alicyclic amines) is 1. The van der Waals surface area contributed by atoms with E-state index >= 15 is 0 Å². The monoisotopic (exact) mass is 236 g/mol. The van der Waals surface area contributed by atoms with Crippen LogP contribution < -0.4 is 5.73 Å². The Morgan fingerprint density at radius 3 is 3.00 bits per heavy atom. The van der Waals surface area contributed by atoms with Crippen LogP contribution in [-0.4, -0.2) is 24.5 Å². The first-order valence-electron chi connectivity index (χ1n) is 6.40. The molecule has 1 aliphatic heterocycles. The van der Waals surface area contributed by atoms with E-state index in [9.17, 15) is 4.39 Å². The number of nitrogens with two attached hydrogens (primary N) is 1.